The normalized spacial score (nSPS) is 31.1. The molecule has 2 rings (SSSR count). The van der Waals surface area contributed by atoms with Gasteiger partial charge in [-0.25, -0.2) is 0 Å². The smallest absolute Gasteiger partial charge is 0.308 e. The first-order chi connectivity index (χ1) is 9.36. The first-order valence-electron chi connectivity index (χ1n) is 8.00. The van der Waals surface area contributed by atoms with Crippen LogP contribution >= 0.6 is 0 Å². The Morgan fingerprint density at radius 3 is 2.40 bits per heavy atom. The molecule has 0 aliphatic heterocycles. The molecule has 2 saturated carbocycles. The van der Waals surface area contributed by atoms with Gasteiger partial charge in [0.1, 0.15) is 0 Å². The van der Waals surface area contributed by atoms with E-state index in [1.54, 1.807) is 0 Å². The summed E-state index contributed by atoms with van der Waals surface area (Å²) in [6.07, 6.45) is 5.43. The summed E-state index contributed by atoms with van der Waals surface area (Å²) in [4.78, 5) is 11.7. The van der Waals surface area contributed by atoms with Crippen LogP contribution in [0.1, 0.15) is 59.3 Å². The summed E-state index contributed by atoms with van der Waals surface area (Å²) in [6.45, 7) is 7.35. The molecule has 4 heteroatoms. The summed E-state index contributed by atoms with van der Waals surface area (Å²) in [5.41, 5.74) is -0.539. The van der Waals surface area contributed by atoms with Crippen LogP contribution in [0.4, 0.5) is 0 Å². The number of hydrogen-bond donors (Lipinski definition) is 2. The van der Waals surface area contributed by atoms with Crippen molar-refractivity contribution in [2.45, 2.75) is 70.4 Å². The van der Waals surface area contributed by atoms with E-state index in [0.717, 1.165) is 18.8 Å². The molecule has 0 radical (unpaired) electrons. The number of β-amino-alcohol motifs (C(OH)–C–C–N with tert-alkyl or cyclic N) is 1. The third-order valence-electron chi connectivity index (χ3n) is 5.01. The standard InChI is InChI=1S/C16H29NO3/c1-4-20-14(18)12-7-9-16(19,10-8-12)11-17-15(2,3)13-5-6-13/h12-13,17,19H,4-11H2,1-3H3. The fraction of sp³-hybridized carbons (Fsp3) is 0.938. The third kappa shape index (κ3) is 3.95. The van der Waals surface area contributed by atoms with Crippen molar-refractivity contribution < 1.29 is 14.6 Å². The second-order valence-corrected chi connectivity index (χ2v) is 7.10. The minimum Gasteiger partial charge on any atom is -0.466 e. The average molecular weight is 283 g/mol. The van der Waals surface area contributed by atoms with Crippen molar-refractivity contribution in [2.75, 3.05) is 13.2 Å². The molecule has 0 atom stereocenters. The quantitative estimate of drug-likeness (QED) is 0.734. The van der Waals surface area contributed by atoms with Crippen LogP contribution in [0.15, 0.2) is 0 Å². The highest BCUT2D eigenvalue weighted by atomic mass is 16.5. The van der Waals surface area contributed by atoms with Crippen molar-refractivity contribution in [3.05, 3.63) is 0 Å². The Morgan fingerprint density at radius 2 is 1.90 bits per heavy atom. The van der Waals surface area contributed by atoms with E-state index in [9.17, 15) is 9.90 Å². The molecule has 0 unspecified atom stereocenters. The maximum atomic E-state index is 11.7. The highest BCUT2D eigenvalue weighted by Gasteiger charge is 2.41. The zero-order valence-electron chi connectivity index (χ0n) is 13.1. The Labute approximate surface area is 122 Å². The van der Waals surface area contributed by atoms with E-state index < -0.39 is 5.60 Å². The van der Waals surface area contributed by atoms with Crippen LogP contribution in [0.25, 0.3) is 0 Å². The maximum absolute atomic E-state index is 11.7. The number of carbonyl (C=O) groups excluding carboxylic acids is 1. The van der Waals surface area contributed by atoms with Gasteiger partial charge in [-0.3, -0.25) is 4.79 Å². The zero-order chi connectivity index (χ0) is 14.8. The SMILES string of the molecule is CCOC(=O)C1CCC(O)(CNC(C)(C)C2CC2)CC1. The lowest BCUT2D eigenvalue weighted by Gasteiger charge is -2.38. The summed E-state index contributed by atoms with van der Waals surface area (Å²) < 4.78 is 5.07. The number of carbonyl (C=O) groups is 1. The predicted molar refractivity (Wildman–Crippen MR) is 78.3 cm³/mol. The minimum absolute atomic E-state index is 0.0216. The maximum Gasteiger partial charge on any atom is 0.308 e. The van der Waals surface area contributed by atoms with Gasteiger partial charge in [0.05, 0.1) is 18.1 Å². The number of ether oxygens (including phenoxy) is 1. The van der Waals surface area contributed by atoms with Crippen molar-refractivity contribution in [1.29, 1.82) is 0 Å². The number of nitrogens with one attached hydrogen (secondary N) is 1. The second-order valence-electron chi connectivity index (χ2n) is 7.10. The van der Waals surface area contributed by atoms with E-state index in [1.807, 2.05) is 6.92 Å². The zero-order valence-corrected chi connectivity index (χ0v) is 13.1. The molecule has 0 spiro atoms. The van der Waals surface area contributed by atoms with Crippen LogP contribution < -0.4 is 5.32 Å². The van der Waals surface area contributed by atoms with Crippen LogP contribution in [0.2, 0.25) is 0 Å². The molecular formula is C16H29NO3. The number of hydrogen-bond acceptors (Lipinski definition) is 4. The summed E-state index contributed by atoms with van der Waals surface area (Å²) in [5.74, 6) is 0.634. The summed E-state index contributed by atoms with van der Waals surface area (Å²) in [5, 5.41) is 14.2. The molecule has 2 fully saturated rings. The first-order valence-corrected chi connectivity index (χ1v) is 8.00. The van der Waals surface area contributed by atoms with Crippen LogP contribution in [-0.4, -0.2) is 35.4 Å². The first kappa shape index (κ1) is 15.8. The van der Waals surface area contributed by atoms with Crippen molar-refractivity contribution >= 4 is 5.97 Å². The third-order valence-corrected chi connectivity index (χ3v) is 5.01. The molecule has 0 heterocycles. The van der Waals surface area contributed by atoms with Gasteiger partial charge in [-0.15, -0.1) is 0 Å². The predicted octanol–water partition coefficient (Wildman–Crippen LogP) is 2.25. The molecule has 0 aromatic heterocycles. The van der Waals surface area contributed by atoms with Crippen molar-refractivity contribution in [3.63, 3.8) is 0 Å². The van der Waals surface area contributed by atoms with E-state index in [1.165, 1.54) is 12.8 Å². The average Bonchev–Trinajstić information content (AvgIpc) is 3.23. The van der Waals surface area contributed by atoms with Gasteiger partial charge in [-0.1, -0.05) is 0 Å². The lowest BCUT2D eigenvalue weighted by atomic mass is 9.78. The number of aliphatic hydroxyl groups is 1. The molecule has 2 N–H and O–H groups in total. The van der Waals surface area contributed by atoms with E-state index in [4.69, 9.17) is 4.74 Å². The summed E-state index contributed by atoms with van der Waals surface area (Å²) in [7, 11) is 0. The summed E-state index contributed by atoms with van der Waals surface area (Å²) >= 11 is 0. The topological polar surface area (TPSA) is 58.6 Å². The molecule has 0 bridgehead atoms. The van der Waals surface area contributed by atoms with Gasteiger partial charge >= 0.3 is 5.97 Å². The van der Waals surface area contributed by atoms with E-state index in [-0.39, 0.29) is 17.4 Å². The fourth-order valence-corrected chi connectivity index (χ4v) is 3.17. The van der Waals surface area contributed by atoms with Gasteiger partial charge in [0.15, 0.2) is 0 Å². The second kappa shape index (κ2) is 6.02. The minimum atomic E-state index is -0.658. The van der Waals surface area contributed by atoms with E-state index >= 15 is 0 Å². The van der Waals surface area contributed by atoms with E-state index in [0.29, 0.717) is 26.0 Å². The molecule has 0 amide bonds. The molecule has 0 aromatic rings. The molecule has 116 valence electrons. The Kier molecular flexibility index (Phi) is 4.75. The van der Waals surface area contributed by atoms with Crippen LogP contribution in [-0.2, 0) is 9.53 Å². The van der Waals surface area contributed by atoms with Crippen LogP contribution in [0.5, 0.6) is 0 Å². The van der Waals surface area contributed by atoms with Gasteiger partial charge in [0.25, 0.3) is 0 Å². The summed E-state index contributed by atoms with van der Waals surface area (Å²) in [6, 6.07) is 0. The Balaban J connectivity index is 1.77. The van der Waals surface area contributed by atoms with Crippen LogP contribution in [0.3, 0.4) is 0 Å². The lowest BCUT2D eigenvalue weighted by Crippen LogP contribution is -2.51. The highest BCUT2D eigenvalue weighted by Crippen LogP contribution is 2.40. The molecule has 2 aliphatic rings. The molecule has 0 aromatic carbocycles. The van der Waals surface area contributed by atoms with Crippen molar-refractivity contribution in [1.82, 2.24) is 5.32 Å². The van der Waals surface area contributed by atoms with Crippen molar-refractivity contribution in [3.8, 4) is 0 Å². The van der Waals surface area contributed by atoms with Gasteiger partial charge < -0.3 is 15.2 Å². The Hall–Kier alpha value is -0.610. The van der Waals surface area contributed by atoms with Gasteiger partial charge in [-0.2, -0.15) is 0 Å². The molecular weight excluding hydrogens is 254 g/mol. The Morgan fingerprint density at radius 1 is 1.30 bits per heavy atom. The van der Waals surface area contributed by atoms with Gasteiger partial charge in [0.2, 0.25) is 0 Å². The number of rotatable bonds is 6. The monoisotopic (exact) mass is 283 g/mol. The molecule has 4 nitrogen and oxygen atoms in total. The Bertz CT molecular complexity index is 342. The van der Waals surface area contributed by atoms with Gasteiger partial charge in [-0.05, 0) is 65.2 Å². The lowest BCUT2D eigenvalue weighted by molar-refractivity contribution is -0.151. The largest absolute Gasteiger partial charge is 0.466 e. The van der Waals surface area contributed by atoms with E-state index in [2.05, 4.69) is 19.2 Å². The van der Waals surface area contributed by atoms with Crippen LogP contribution in [0, 0.1) is 11.8 Å². The van der Waals surface area contributed by atoms with Gasteiger partial charge in [0, 0.05) is 12.1 Å². The molecule has 0 saturated heterocycles. The fourth-order valence-electron chi connectivity index (χ4n) is 3.17. The highest BCUT2D eigenvalue weighted by molar-refractivity contribution is 5.72. The van der Waals surface area contributed by atoms with Crippen molar-refractivity contribution in [2.24, 2.45) is 11.8 Å². The molecule has 2 aliphatic carbocycles. The number of esters is 1. The molecule has 20 heavy (non-hydrogen) atoms.